The third-order valence-corrected chi connectivity index (χ3v) is 1.79. The Balaban J connectivity index is 3.07. The number of hydrogen-bond acceptors (Lipinski definition) is 2. The molecule has 1 aromatic carbocycles. The first-order valence-electron chi connectivity index (χ1n) is 4.03. The predicted octanol–water partition coefficient (Wildman–Crippen LogP) is 2.61. The van der Waals surface area contributed by atoms with Gasteiger partial charge in [-0.15, -0.1) is 0 Å². The summed E-state index contributed by atoms with van der Waals surface area (Å²) in [6.07, 6.45) is 1.08. The normalized spacial score (nSPS) is 11.1. The van der Waals surface area contributed by atoms with Crippen LogP contribution in [-0.4, -0.2) is 17.2 Å². The Morgan fingerprint density at radius 1 is 1.36 bits per heavy atom. The maximum Gasteiger partial charge on any atom is 0.215 e. The Morgan fingerprint density at radius 3 is 2.36 bits per heavy atom. The number of nitrogens with one attached hydrogen (secondary N) is 2. The largest absolute Gasteiger partial charge is 0.306 e. The van der Waals surface area contributed by atoms with Gasteiger partial charge in [0.1, 0.15) is 0 Å². The van der Waals surface area contributed by atoms with E-state index in [0.29, 0.717) is 5.71 Å². The van der Waals surface area contributed by atoms with Gasteiger partial charge < -0.3 is 5.41 Å². The zero-order chi connectivity index (χ0) is 10.6. The Hall–Kier alpha value is -1.48. The highest BCUT2D eigenvalue weighted by molar-refractivity contribution is 6.65. The molecule has 2 N–H and O–H groups in total. The standard InChI is InChI=1S/C10H10ClN3/c1-7-2-4-8(5-3-7)9(6-12)14-10(11)13/h2-6,12-13H,1H3/b12-6?,13-10?,14-9+. The summed E-state index contributed by atoms with van der Waals surface area (Å²) in [5.74, 6) is 0. The van der Waals surface area contributed by atoms with Crippen LogP contribution in [0.3, 0.4) is 0 Å². The second-order valence-corrected chi connectivity index (χ2v) is 3.16. The summed E-state index contributed by atoms with van der Waals surface area (Å²) in [5, 5.41) is 13.8. The summed E-state index contributed by atoms with van der Waals surface area (Å²) < 4.78 is 0. The first-order chi connectivity index (χ1) is 6.63. The molecule has 4 heteroatoms. The van der Waals surface area contributed by atoms with Crippen LogP contribution in [0.5, 0.6) is 0 Å². The van der Waals surface area contributed by atoms with Gasteiger partial charge in [0.25, 0.3) is 0 Å². The molecule has 0 aliphatic rings. The molecule has 3 nitrogen and oxygen atoms in total. The number of benzene rings is 1. The van der Waals surface area contributed by atoms with Gasteiger partial charge >= 0.3 is 0 Å². The molecule has 0 spiro atoms. The van der Waals surface area contributed by atoms with Crippen molar-refractivity contribution >= 4 is 28.8 Å². The molecule has 1 rings (SSSR count). The molecule has 0 aromatic heterocycles. The predicted molar refractivity (Wildman–Crippen MR) is 60.1 cm³/mol. The van der Waals surface area contributed by atoms with Crippen molar-refractivity contribution in [2.75, 3.05) is 0 Å². The lowest BCUT2D eigenvalue weighted by Gasteiger charge is -1.99. The number of amidine groups is 1. The first kappa shape index (κ1) is 10.6. The van der Waals surface area contributed by atoms with Crippen LogP contribution in [0, 0.1) is 17.7 Å². The van der Waals surface area contributed by atoms with E-state index >= 15 is 0 Å². The molecule has 0 fully saturated rings. The fraction of sp³-hybridized carbons (Fsp3) is 0.100. The number of halogens is 1. The summed E-state index contributed by atoms with van der Waals surface area (Å²) in [5.41, 5.74) is 2.32. The van der Waals surface area contributed by atoms with E-state index in [4.69, 9.17) is 22.4 Å². The maximum atomic E-state index is 7.13. The highest BCUT2D eigenvalue weighted by Crippen LogP contribution is 2.04. The van der Waals surface area contributed by atoms with Crippen molar-refractivity contribution in [3.8, 4) is 0 Å². The van der Waals surface area contributed by atoms with Crippen molar-refractivity contribution in [3.63, 3.8) is 0 Å². The van der Waals surface area contributed by atoms with Crippen molar-refractivity contribution in [1.29, 1.82) is 10.8 Å². The third kappa shape index (κ3) is 2.78. The van der Waals surface area contributed by atoms with Crippen LogP contribution in [-0.2, 0) is 0 Å². The lowest BCUT2D eigenvalue weighted by atomic mass is 10.1. The smallest absolute Gasteiger partial charge is 0.215 e. The highest BCUT2D eigenvalue weighted by Gasteiger charge is 2.00. The molecule has 14 heavy (non-hydrogen) atoms. The van der Waals surface area contributed by atoms with E-state index in [2.05, 4.69) is 4.99 Å². The third-order valence-electron chi connectivity index (χ3n) is 1.70. The van der Waals surface area contributed by atoms with Crippen molar-refractivity contribution in [1.82, 2.24) is 0 Å². The number of nitrogens with zero attached hydrogens (tertiary/aromatic N) is 1. The molecule has 0 atom stereocenters. The van der Waals surface area contributed by atoms with Crippen molar-refractivity contribution < 1.29 is 0 Å². The summed E-state index contributed by atoms with van der Waals surface area (Å²) in [6.45, 7) is 1.98. The van der Waals surface area contributed by atoms with E-state index in [1.54, 1.807) is 0 Å². The molecule has 72 valence electrons. The molecule has 0 amide bonds. The number of rotatable bonds is 2. The van der Waals surface area contributed by atoms with Gasteiger partial charge in [0, 0.05) is 11.8 Å². The lowest BCUT2D eigenvalue weighted by Crippen LogP contribution is -2.03. The van der Waals surface area contributed by atoms with Crippen LogP contribution in [0.1, 0.15) is 11.1 Å². The average Bonchev–Trinajstić information content (AvgIpc) is 2.15. The van der Waals surface area contributed by atoms with E-state index in [1.165, 1.54) is 0 Å². The minimum Gasteiger partial charge on any atom is -0.306 e. The van der Waals surface area contributed by atoms with Crippen LogP contribution < -0.4 is 0 Å². The number of aryl methyl sites for hydroxylation is 1. The molecule has 0 saturated carbocycles. The minimum atomic E-state index is -0.316. The first-order valence-corrected chi connectivity index (χ1v) is 4.41. The quantitative estimate of drug-likeness (QED) is 0.426. The molecule has 0 bridgehead atoms. The van der Waals surface area contributed by atoms with Gasteiger partial charge in [0.2, 0.25) is 5.29 Å². The zero-order valence-electron chi connectivity index (χ0n) is 7.71. The van der Waals surface area contributed by atoms with Crippen LogP contribution in [0.2, 0.25) is 0 Å². The highest BCUT2D eigenvalue weighted by atomic mass is 35.5. The van der Waals surface area contributed by atoms with Crippen LogP contribution in [0.25, 0.3) is 0 Å². The second kappa shape index (κ2) is 4.67. The summed E-state index contributed by atoms with van der Waals surface area (Å²) >= 11 is 5.32. The molecule has 1 aromatic rings. The molecule has 0 saturated heterocycles. The van der Waals surface area contributed by atoms with E-state index < -0.39 is 0 Å². The fourth-order valence-corrected chi connectivity index (χ4v) is 1.10. The van der Waals surface area contributed by atoms with Gasteiger partial charge in [0.05, 0.1) is 5.71 Å². The number of hydrogen-bond donors (Lipinski definition) is 2. The minimum absolute atomic E-state index is 0.316. The Bertz CT molecular complexity index is 379. The molecular weight excluding hydrogens is 198 g/mol. The van der Waals surface area contributed by atoms with Crippen molar-refractivity contribution in [2.24, 2.45) is 4.99 Å². The molecule has 0 radical (unpaired) electrons. The van der Waals surface area contributed by atoms with Gasteiger partial charge in [-0.3, -0.25) is 5.41 Å². The van der Waals surface area contributed by atoms with Gasteiger partial charge in [-0.1, -0.05) is 29.8 Å². The Labute approximate surface area is 87.5 Å². The summed E-state index contributed by atoms with van der Waals surface area (Å²) in [6, 6.07) is 7.54. The Morgan fingerprint density at radius 2 is 1.93 bits per heavy atom. The van der Waals surface area contributed by atoms with Crippen molar-refractivity contribution in [3.05, 3.63) is 35.4 Å². The Kier molecular flexibility index (Phi) is 3.54. The SMILES string of the molecule is Cc1ccc(/C(C=N)=N/C(=N)Cl)cc1. The van der Waals surface area contributed by atoms with Crippen LogP contribution >= 0.6 is 11.6 Å². The summed E-state index contributed by atoms with van der Waals surface area (Å²) in [4.78, 5) is 3.72. The molecule has 0 aliphatic carbocycles. The van der Waals surface area contributed by atoms with Gasteiger partial charge in [-0.05, 0) is 18.5 Å². The lowest BCUT2D eigenvalue weighted by molar-refractivity contribution is 1.45. The van der Waals surface area contributed by atoms with E-state index in [9.17, 15) is 0 Å². The maximum absolute atomic E-state index is 7.13. The fourth-order valence-electron chi connectivity index (χ4n) is 1.01. The van der Waals surface area contributed by atoms with Gasteiger partial charge in [-0.2, -0.15) is 0 Å². The van der Waals surface area contributed by atoms with E-state index in [1.807, 2.05) is 31.2 Å². The van der Waals surface area contributed by atoms with Gasteiger partial charge in [-0.25, -0.2) is 4.99 Å². The summed E-state index contributed by atoms with van der Waals surface area (Å²) in [7, 11) is 0. The van der Waals surface area contributed by atoms with Gasteiger partial charge in [0.15, 0.2) is 0 Å². The van der Waals surface area contributed by atoms with Crippen LogP contribution in [0.4, 0.5) is 0 Å². The van der Waals surface area contributed by atoms with E-state index in [0.717, 1.165) is 17.3 Å². The van der Waals surface area contributed by atoms with E-state index in [-0.39, 0.29) is 5.29 Å². The molecule has 0 heterocycles. The topological polar surface area (TPSA) is 60.1 Å². The van der Waals surface area contributed by atoms with Crippen LogP contribution in [0.15, 0.2) is 29.3 Å². The molecule has 0 unspecified atom stereocenters. The van der Waals surface area contributed by atoms with Crippen molar-refractivity contribution in [2.45, 2.75) is 6.92 Å². The molecule has 0 aliphatic heterocycles. The monoisotopic (exact) mass is 207 g/mol. The number of aliphatic imine (C=N–C) groups is 1. The average molecular weight is 208 g/mol. The molecular formula is C10H10ClN3. The zero-order valence-corrected chi connectivity index (χ0v) is 8.47. The second-order valence-electron chi connectivity index (χ2n) is 2.80.